The highest BCUT2D eigenvalue weighted by atomic mass is 32.1. The molecule has 1 fully saturated rings. The Morgan fingerprint density at radius 3 is 2.41 bits per heavy atom. The number of anilines is 1. The van der Waals surface area contributed by atoms with Crippen LogP contribution >= 0.6 is 11.3 Å². The van der Waals surface area contributed by atoms with E-state index in [1.165, 1.54) is 5.56 Å². The van der Waals surface area contributed by atoms with Crippen LogP contribution in [0, 0.1) is 13.8 Å². The van der Waals surface area contributed by atoms with Crippen molar-refractivity contribution in [1.29, 1.82) is 0 Å². The van der Waals surface area contributed by atoms with Gasteiger partial charge < -0.3 is 14.2 Å². The monoisotopic (exact) mass is 483 g/mol. The van der Waals surface area contributed by atoms with Crippen LogP contribution in [0.25, 0.3) is 10.2 Å². The zero-order valence-corrected chi connectivity index (χ0v) is 21.0. The van der Waals surface area contributed by atoms with Gasteiger partial charge in [-0.2, -0.15) is 0 Å². The molecule has 0 spiro atoms. The van der Waals surface area contributed by atoms with E-state index in [-0.39, 0.29) is 12.5 Å². The molecule has 0 atom stereocenters. The zero-order valence-electron chi connectivity index (χ0n) is 20.2. The van der Waals surface area contributed by atoms with Crippen LogP contribution in [0.15, 0.2) is 36.4 Å². The third-order valence-corrected chi connectivity index (χ3v) is 7.13. The molecule has 1 amide bonds. The molecule has 3 aromatic rings. The maximum atomic E-state index is 13.3. The number of aryl methyl sites for hydroxylation is 2. The van der Waals surface area contributed by atoms with Crippen LogP contribution in [0.2, 0.25) is 0 Å². The summed E-state index contributed by atoms with van der Waals surface area (Å²) < 4.78 is 17.9. The standard InChI is InChI=1S/C26H33N3O4S/c1-4-32-21-8-10-22(11-9-21)33-18-23(30)29(13-5-12-28-14-16-31-17-15-28)26-27-24-19(2)6-7-20(3)25(24)34-26/h6-11H,4-5,12-18H2,1-3H3. The molecular weight excluding hydrogens is 450 g/mol. The molecule has 0 radical (unpaired) electrons. The molecule has 2 heterocycles. The molecule has 34 heavy (non-hydrogen) atoms. The van der Waals surface area contributed by atoms with Crippen molar-refractivity contribution in [3.8, 4) is 11.5 Å². The number of hydrogen-bond donors (Lipinski definition) is 0. The lowest BCUT2D eigenvalue weighted by molar-refractivity contribution is -0.120. The first-order valence-electron chi connectivity index (χ1n) is 11.9. The Balaban J connectivity index is 1.47. The topological polar surface area (TPSA) is 64.1 Å². The summed E-state index contributed by atoms with van der Waals surface area (Å²) in [6.45, 7) is 11.6. The first kappa shape index (κ1) is 24.4. The summed E-state index contributed by atoms with van der Waals surface area (Å²) in [5.41, 5.74) is 3.27. The van der Waals surface area contributed by atoms with Crippen LogP contribution in [0.3, 0.4) is 0 Å². The molecule has 2 aromatic carbocycles. The van der Waals surface area contributed by atoms with E-state index in [0.717, 1.165) is 65.9 Å². The summed E-state index contributed by atoms with van der Waals surface area (Å²) in [5, 5.41) is 0.731. The summed E-state index contributed by atoms with van der Waals surface area (Å²) in [7, 11) is 0. The molecule has 0 bridgehead atoms. The Morgan fingerprint density at radius 2 is 1.74 bits per heavy atom. The van der Waals surface area contributed by atoms with Gasteiger partial charge in [0.2, 0.25) is 0 Å². The van der Waals surface area contributed by atoms with Crippen molar-refractivity contribution in [1.82, 2.24) is 9.88 Å². The first-order valence-corrected chi connectivity index (χ1v) is 12.7. The number of carbonyl (C=O) groups is 1. The molecule has 0 aliphatic carbocycles. The maximum absolute atomic E-state index is 13.3. The van der Waals surface area contributed by atoms with E-state index in [1.807, 2.05) is 31.2 Å². The molecular formula is C26H33N3O4S. The third kappa shape index (κ3) is 6.05. The van der Waals surface area contributed by atoms with Gasteiger partial charge in [-0.05, 0) is 62.6 Å². The Labute approximate surface area is 205 Å². The number of ether oxygens (including phenoxy) is 3. The first-order chi connectivity index (χ1) is 16.5. The Bertz CT molecular complexity index is 1050. The number of amides is 1. The Kier molecular flexibility index (Phi) is 8.37. The maximum Gasteiger partial charge on any atom is 0.266 e. The molecule has 0 unspecified atom stereocenters. The van der Waals surface area contributed by atoms with E-state index in [1.54, 1.807) is 16.2 Å². The van der Waals surface area contributed by atoms with Gasteiger partial charge in [0.05, 0.1) is 30.0 Å². The number of benzene rings is 2. The van der Waals surface area contributed by atoms with Crippen molar-refractivity contribution in [3.05, 3.63) is 47.5 Å². The van der Waals surface area contributed by atoms with Gasteiger partial charge in [0.25, 0.3) is 5.91 Å². The number of hydrogen-bond acceptors (Lipinski definition) is 7. The predicted molar refractivity (Wildman–Crippen MR) is 136 cm³/mol. The van der Waals surface area contributed by atoms with Crippen LogP contribution in [0.4, 0.5) is 5.13 Å². The number of nitrogens with zero attached hydrogens (tertiary/aromatic N) is 3. The van der Waals surface area contributed by atoms with Crippen LogP contribution in [-0.4, -0.2) is 68.4 Å². The second-order valence-electron chi connectivity index (χ2n) is 8.42. The molecule has 1 aromatic heterocycles. The molecule has 1 saturated heterocycles. The highest BCUT2D eigenvalue weighted by molar-refractivity contribution is 7.22. The Hall–Kier alpha value is -2.68. The summed E-state index contributed by atoms with van der Waals surface area (Å²) >= 11 is 1.58. The fourth-order valence-corrected chi connectivity index (χ4v) is 5.14. The second-order valence-corrected chi connectivity index (χ2v) is 9.40. The van der Waals surface area contributed by atoms with E-state index in [0.29, 0.717) is 18.9 Å². The van der Waals surface area contributed by atoms with Crippen molar-refractivity contribution in [2.75, 3.05) is 57.5 Å². The number of aromatic nitrogens is 1. The van der Waals surface area contributed by atoms with E-state index in [2.05, 4.69) is 30.9 Å². The van der Waals surface area contributed by atoms with E-state index in [4.69, 9.17) is 19.2 Å². The van der Waals surface area contributed by atoms with Gasteiger partial charge in [0, 0.05) is 26.2 Å². The molecule has 8 heteroatoms. The highest BCUT2D eigenvalue weighted by Crippen LogP contribution is 2.33. The lowest BCUT2D eigenvalue weighted by Crippen LogP contribution is -2.40. The van der Waals surface area contributed by atoms with Crippen molar-refractivity contribution < 1.29 is 19.0 Å². The lowest BCUT2D eigenvalue weighted by atomic mass is 10.1. The molecule has 7 nitrogen and oxygen atoms in total. The fraction of sp³-hybridized carbons (Fsp3) is 0.462. The van der Waals surface area contributed by atoms with E-state index >= 15 is 0 Å². The molecule has 4 rings (SSSR count). The number of rotatable bonds is 10. The van der Waals surface area contributed by atoms with Crippen LogP contribution < -0.4 is 14.4 Å². The van der Waals surface area contributed by atoms with Crippen molar-refractivity contribution in [2.45, 2.75) is 27.2 Å². The average molecular weight is 484 g/mol. The van der Waals surface area contributed by atoms with Gasteiger partial charge in [-0.15, -0.1) is 0 Å². The second kappa shape index (κ2) is 11.6. The van der Waals surface area contributed by atoms with Gasteiger partial charge in [-0.1, -0.05) is 23.5 Å². The summed E-state index contributed by atoms with van der Waals surface area (Å²) in [6, 6.07) is 11.5. The van der Waals surface area contributed by atoms with E-state index in [9.17, 15) is 4.79 Å². The van der Waals surface area contributed by atoms with Gasteiger partial charge in [0.1, 0.15) is 11.5 Å². The number of morpholine rings is 1. The third-order valence-electron chi connectivity index (χ3n) is 5.92. The molecule has 0 N–H and O–H groups in total. The molecule has 182 valence electrons. The minimum absolute atomic E-state index is 0.0422. The van der Waals surface area contributed by atoms with Crippen molar-refractivity contribution >= 4 is 32.6 Å². The number of carbonyl (C=O) groups excluding carboxylic acids is 1. The molecule has 1 aliphatic heterocycles. The average Bonchev–Trinajstić information content (AvgIpc) is 3.31. The SMILES string of the molecule is CCOc1ccc(OCC(=O)N(CCCN2CCOCC2)c2nc3c(C)ccc(C)c3s2)cc1. The molecule has 1 aliphatic rings. The van der Waals surface area contributed by atoms with Gasteiger partial charge in [-0.3, -0.25) is 14.6 Å². The number of fused-ring (bicyclic) bond motifs is 1. The largest absolute Gasteiger partial charge is 0.494 e. The van der Waals surface area contributed by atoms with Gasteiger partial charge in [-0.25, -0.2) is 4.98 Å². The van der Waals surface area contributed by atoms with Gasteiger partial charge >= 0.3 is 0 Å². The normalized spacial score (nSPS) is 14.3. The van der Waals surface area contributed by atoms with Crippen molar-refractivity contribution in [2.24, 2.45) is 0 Å². The summed E-state index contributed by atoms with van der Waals surface area (Å²) in [6.07, 6.45) is 0.864. The number of thiazole rings is 1. The fourth-order valence-electron chi connectivity index (χ4n) is 3.99. The van der Waals surface area contributed by atoms with E-state index < -0.39 is 0 Å². The smallest absolute Gasteiger partial charge is 0.266 e. The Morgan fingerprint density at radius 1 is 1.06 bits per heavy atom. The van der Waals surface area contributed by atoms with Crippen LogP contribution in [0.1, 0.15) is 24.5 Å². The minimum Gasteiger partial charge on any atom is -0.494 e. The summed E-state index contributed by atoms with van der Waals surface area (Å²) in [5.74, 6) is 1.33. The lowest BCUT2D eigenvalue weighted by Gasteiger charge is -2.27. The highest BCUT2D eigenvalue weighted by Gasteiger charge is 2.22. The van der Waals surface area contributed by atoms with Crippen molar-refractivity contribution in [3.63, 3.8) is 0 Å². The van der Waals surface area contributed by atoms with Gasteiger partial charge in [0.15, 0.2) is 11.7 Å². The zero-order chi connectivity index (χ0) is 23.9. The predicted octanol–water partition coefficient (Wildman–Crippen LogP) is 4.45. The minimum atomic E-state index is -0.0924. The quantitative estimate of drug-likeness (QED) is 0.425. The van der Waals surface area contributed by atoms with Crippen LogP contribution in [-0.2, 0) is 9.53 Å². The van der Waals surface area contributed by atoms with Crippen LogP contribution in [0.5, 0.6) is 11.5 Å². The summed E-state index contributed by atoms with van der Waals surface area (Å²) in [4.78, 5) is 22.4. The molecule has 0 saturated carbocycles.